The van der Waals surface area contributed by atoms with E-state index in [9.17, 15) is 5.11 Å². The molecule has 108 valence electrons. The lowest BCUT2D eigenvalue weighted by atomic mass is 10.1. The fourth-order valence-corrected chi connectivity index (χ4v) is 1.70. The van der Waals surface area contributed by atoms with Gasteiger partial charge in [0.1, 0.15) is 18.5 Å². The lowest BCUT2D eigenvalue weighted by Crippen LogP contribution is -2.34. The second kappa shape index (κ2) is 8.91. The minimum atomic E-state index is -0.525. The van der Waals surface area contributed by atoms with Gasteiger partial charge in [-0.15, -0.1) is 0 Å². The molecular formula is C15H25NO3. The van der Waals surface area contributed by atoms with E-state index in [1.54, 1.807) is 0 Å². The van der Waals surface area contributed by atoms with E-state index in [1.165, 1.54) is 5.56 Å². The highest BCUT2D eigenvalue weighted by Gasteiger charge is 2.06. The van der Waals surface area contributed by atoms with Crippen LogP contribution in [0.3, 0.4) is 0 Å². The number of ether oxygens (including phenoxy) is 1. The second-order valence-electron chi connectivity index (χ2n) is 5.05. The lowest BCUT2D eigenvalue weighted by molar-refractivity contribution is 0.105. The first-order chi connectivity index (χ1) is 9.11. The molecule has 1 aromatic rings. The Bertz CT molecular complexity index is 340. The van der Waals surface area contributed by atoms with Crippen LogP contribution in [0.2, 0.25) is 0 Å². The number of nitrogens with one attached hydrogen (secondary N) is 1. The summed E-state index contributed by atoms with van der Waals surface area (Å²) >= 11 is 0. The highest BCUT2D eigenvalue weighted by atomic mass is 16.5. The Balaban J connectivity index is 2.14. The summed E-state index contributed by atoms with van der Waals surface area (Å²) in [6.45, 7) is 5.88. The number of aliphatic hydroxyl groups is 2. The van der Waals surface area contributed by atoms with Crippen LogP contribution in [0, 0.1) is 12.8 Å². The summed E-state index contributed by atoms with van der Waals surface area (Å²) in [6, 6.07) is 7.77. The Morgan fingerprint density at radius 2 is 1.89 bits per heavy atom. The first kappa shape index (κ1) is 16.0. The third-order valence-electron chi connectivity index (χ3n) is 2.96. The normalized spacial score (nSPS) is 14.1. The van der Waals surface area contributed by atoms with Crippen LogP contribution in [0.5, 0.6) is 5.75 Å². The Morgan fingerprint density at radius 1 is 1.21 bits per heavy atom. The third kappa shape index (κ3) is 7.15. The Labute approximate surface area is 115 Å². The monoisotopic (exact) mass is 267 g/mol. The van der Waals surface area contributed by atoms with Gasteiger partial charge < -0.3 is 20.3 Å². The molecule has 0 fully saturated rings. The molecule has 0 saturated heterocycles. The molecule has 0 aliphatic rings. The molecule has 0 aromatic heterocycles. The number of benzene rings is 1. The highest BCUT2D eigenvalue weighted by molar-refractivity contribution is 5.26. The van der Waals surface area contributed by atoms with E-state index in [4.69, 9.17) is 9.84 Å². The predicted octanol–water partition coefficient (Wildman–Crippen LogP) is 1.34. The largest absolute Gasteiger partial charge is 0.491 e. The van der Waals surface area contributed by atoms with Crippen molar-refractivity contribution < 1.29 is 14.9 Å². The molecule has 0 saturated carbocycles. The number of rotatable bonds is 9. The topological polar surface area (TPSA) is 61.7 Å². The fourth-order valence-electron chi connectivity index (χ4n) is 1.70. The van der Waals surface area contributed by atoms with Crippen molar-refractivity contribution >= 4 is 0 Å². The average Bonchev–Trinajstić information content (AvgIpc) is 2.38. The van der Waals surface area contributed by atoms with Crippen molar-refractivity contribution in [2.24, 2.45) is 5.92 Å². The molecule has 0 radical (unpaired) electrons. The first-order valence-corrected chi connectivity index (χ1v) is 6.81. The lowest BCUT2D eigenvalue weighted by Gasteiger charge is -2.15. The molecule has 2 atom stereocenters. The van der Waals surface area contributed by atoms with Crippen LogP contribution in [-0.4, -0.2) is 42.6 Å². The van der Waals surface area contributed by atoms with Crippen molar-refractivity contribution in [2.75, 3.05) is 26.3 Å². The maximum atomic E-state index is 9.77. The molecular weight excluding hydrogens is 242 g/mol. The van der Waals surface area contributed by atoms with Crippen LogP contribution < -0.4 is 10.1 Å². The zero-order valence-electron chi connectivity index (χ0n) is 11.8. The van der Waals surface area contributed by atoms with Gasteiger partial charge in [0.05, 0.1) is 0 Å². The van der Waals surface area contributed by atoms with Gasteiger partial charge in [0, 0.05) is 13.2 Å². The number of hydrogen-bond donors (Lipinski definition) is 3. The summed E-state index contributed by atoms with van der Waals surface area (Å²) in [4.78, 5) is 0. The van der Waals surface area contributed by atoms with E-state index in [2.05, 4.69) is 12.2 Å². The van der Waals surface area contributed by atoms with Crippen LogP contribution in [-0.2, 0) is 0 Å². The van der Waals surface area contributed by atoms with Crippen LogP contribution in [0.15, 0.2) is 24.3 Å². The molecule has 19 heavy (non-hydrogen) atoms. The van der Waals surface area contributed by atoms with Crippen LogP contribution in [0.25, 0.3) is 0 Å². The highest BCUT2D eigenvalue weighted by Crippen LogP contribution is 2.11. The summed E-state index contributed by atoms with van der Waals surface area (Å²) in [5.74, 6) is 1.19. The van der Waals surface area contributed by atoms with E-state index < -0.39 is 6.10 Å². The maximum absolute atomic E-state index is 9.77. The predicted molar refractivity (Wildman–Crippen MR) is 76.4 cm³/mol. The van der Waals surface area contributed by atoms with Gasteiger partial charge in [-0.3, -0.25) is 0 Å². The van der Waals surface area contributed by atoms with Crippen molar-refractivity contribution in [3.8, 4) is 5.75 Å². The molecule has 3 N–H and O–H groups in total. The third-order valence-corrected chi connectivity index (χ3v) is 2.96. The standard InChI is InChI=1S/C15H25NO3/c1-12-3-5-15(6-4-12)19-11-14(18)10-16-9-13(2)7-8-17/h3-6,13-14,16-18H,7-11H2,1-2H3. The van der Waals surface area contributed by atoms with Gasteiger partial charge >= 0.3 is 0 Å². The molecule has 0 heterocycles. The Morgan fingerprint density at radius 3 is 2.53 bits per heavy atom. The maximum Gasteiger partial charge on any atom is 0.119 e. The summed E-state index contributed by atoms with van der Waals surface area (Å²) in [7, 11) is 0. The minimum absolute atomic E-state index is 0.210. The summed E-state index contributed by atoms with van der Waals surface area (Å²) in [5.41, 5.74) is 1.19. The average molecular weight is 267 g/mol. The molecule has 4 nitrogen and oxygen atoms in total. The molecule has 0 spiro atoms. The zero-order chi connectivity index (χ0) is 14.1. The van der Waals surface area contributed by atoms with Gasteiger partial charge in [0.15, 0.2) is 0 Å². The molecule has 0 amide bonds. The van der Waals surface area contributed by atoms with E-state index in [1.807, 2.05) is 31.2 Å². The summed E-state index contributed by atoms with van der Waals surface area (Å²) in [5, 5.41) is 21.7. The van der Waals surface area contributed by atoms with Crippen molar-refractivity contribution in [3.05, 3.63) is 29.8 Å². The molecule has 1 rings (SSSR count). The SMILES string of the molecule is Cc1ccc(OCC(O)CNCC(C)CCO)cc1. The van der Waals surface area contributed by atoms with E-state index in [-0.39, 0.29) is 13.2 Å². The zero-order valence-corrected chi connectivity index (χ0v) is 11.8. The van der Waals surface area contributed by atoms with Crippen LogP contribution >= 0.6 is 0 Å². The van der Waals surface area contributed by atoms with Crippen LogP contribution in [0.4, 0.5) is 0 Å². The molecule has 0 aliphatic carbocycles. The van der Waals surface area contributed by atoms with Gasteiger partial charge in [0.25, 0.3) is 0 Å². The molecule has 0 aliphatic heterocycles. The number of aliphatic hydroxyl groups excluding tert-OH is 2. The van der Waals surface area contributed by atoms with Crippen molar-refractivity contribution in [2.45, 2.75) is 26.4 Å². The smallest absolute Gasteiger partial charge is 0.119 e. The summed E-state index contributed by atoms with van der Waals surface area (Å²) < 4.78 is 5.50. The van der Waals surface area contributed by atoms with Gasteiger partial charge in [-0.2, -0.15) is 0 Å². The number of aryl methyl sites for hydroxylation is 1. The Hall–Kier alpha value is -1.10. The second-order valence-corrected chi connectivity index (χ2v) is 5.05. The van der Waals surface area contributed by atoms with Crippen molar-refractivity contribution in [1.82, 2.24) is 5.32 Å². The number of hydrogen-bond acceptors (Lipinski definition) is 4. The Kier molecular flexibility index (Phi) is 7.48. The van der Waals surface area contributed by atoms with Gasteiger partial charge in [-0.1, -0.05) is 24.6 Å². The van der Waals surface area contributed by atoms with Gasteiger partial charge in [-0.25, -0.2) is 0 Å². The quantitative estimate of drug-likeness (QED) is 0.632. The van der Waals surface area contributed by atoms with E-state index in [0.717, 1.165) is 18.7 Å². The van der Waals surface area contributed by atoms with Gasteiger partial charge in [0.2, 0.25) is 0 Å². The van der Waals surface area contributed by atoms with Crippen LogP contribution in [0.1, 0.15) is 18.9 Å². The fraction of sp³-hybridized carbons (Fsp3) is 0.600. The first-order valence-electron chi connectivity index (χ1n) is 6.81. The minimum Gasteiger partial charge on any atom is -0.491 e. The molecule has 2 unspecified atom stereocenters. The molecule has 4 heteroatoms. The summed E-state index contributed by atoms with van der Waals surface area (Å²) in [6.07, 6.45) is 0.255. The van der Waals surface area contributed by atoms with E-state index >= 15 is 0 Å². The van der Waals surface area contributed by atoms with Crippen molar-refractivity contribution in [3.63, 3.8) is 0 Å². The van der Waals surface area contributed by atoms with Gasteiger partial charge in [-0.05, 0) is 37.9 Å². The van der Waals surface area contributed by atoms with Crippen molar-refractivity contribution in [1.29, 1.82) is 0 Å². The van der Waals surface area contributed by atoms with E-state index in [0.29, 0.717) is 12.5 Å². The molecule has 0 bridgehead atoms. The molecule has 1 aromatic carbocycles.